The second kappa shape index (κ2) is 3.59. The van der Waals surface area contributed by atoms with E-state index in [1.54, 1.807) is 0 Å². The fourth-order valence-corrected chi connectivity index (χ4v) is 2.03. The maximum Gasteiger partial charge on any atom is 0.220 e. The quantitative estimate of drug-likeness (QED) is 0.674. The number of nitrogens with one attached hydrogen (secondary N) is 1. The van der Waals surface area contributed by atoms with Gasteiger partial charge in [0.05, 0.1) is 0 Å². The van der Waals surface area contributed by atoms with Crippen LogP contribution < -0.4 is 11.1 Å². The first-order valence-electron chi connectivity index (χ1n) is 4.88. The number of rotatable bonds is 2. The SMILES string of the molecule is CC(C)(C)C1CC(=O)NC1CC(N)=O. The van der Waals surface area contributed by atoms with Gasteiger partial charge in [-0.05, 0) is 11.3 Å². The van der Waals surface area contributed by atoms with Crippen molar-refractivity contribution in [3.63, 3.8) is 0 Å². The summed E-state index contributed by atoms with van der Waals surface area (Å²) < 4.78 is 0. The van der Waals surface area contributed by atoms with Gasteiger partial charge < -0.3 is 11.1 Å². The number of nitrogens with two attached hydrogens (primary N) is 1. The Bertz CT molecular complexity index is 255. The van der Waals surface area contributed by atoms with Crippen LogP contribution in [0.15, 0.2) is 0 Å². The molecule has 0 aromatic rings. The van der Waals surface area contributed by atoms with Gasteiger partial charge in [-0.15, -0.1) is 0 Å². The molecule has 0 saturated carbocycles. The van der Waals surface area contributed by atoms with Crippen LogP contribution in [0, 0.1) is 11.3 Å². The van der Waals surface area contributed by atoms with E-state index in [1.165, 1.54) is 0 Å². The first-order valence-corrected chi connectivity index (χ1v) is 4.88. The summed E-state index contributed by atoms with van der Waals surface area (Å²) >= 11 is 0. The molecule has 1 rings (SSSR count). The standard InChI is InChI=1S/C10H18N2O2/c1-10(2,3)6-4-9(14)12-7(6)5-8(11)13/h6-7H,4-5H2,1-3H3,(H2,11,13)(H,12,14). The van der Waals surface area contributed by atoms with Gasteiger partial charge in [-0.2, -0.15) is 0 Å². The van der Waals surface area contributed by atoms with E-state index in [0.717, 1.165) is 0 Å². The normalized spacial score (nSPS) is 27.5. The van der Waals surface area contributed by atoms with E-state index in [2.05, 4.69) is 26.1 Å². The van der Waals surface area contributed by atoms with Gasteiger partial charge in [-0.3, -0.25) is 9.59 Å². The average Bonchev–Trinajstić information content (AvgIpc) is 2.28. The van der Waals surface area contributed by atoms with Crippen molar-refractivity contribution < 1.29 is 9.59 Å². The van der Waals surface area contributed by atoms with Crippen LogP contribution in [0.25, 0.3) is 0 Å². The summed E-state index contributed by atoms with van der Waals surface area (Å²) in [5, 5.41) is 2.80. The van der Waals surface area contributed by atoms with Gasteiger partial charge in [0.15, 0.2) is 0 Å². The number of hydrogen-bond acceptors (Lipinski definition) is 2. The summed E-state index contributed by atoms with van der Waals surface area (Å²) in [5.41, 5.74) is 5.16. The van der Waals surface area contributed by atoms with Crippen LogP contribution in [-0.4, -0.2) is 17.9 Å². The summed E-state index contributed by atoms with van der Waals surface area (Å²) in [6.07, 6.45) is 0.745. The monoisotopic (exact) mass is 198 g/mol. The van der Waals surface area contributed by atoms with Crippen molar-refractivity contribution in [1.82, 2.24) is 5.32 Å². The van der Waals surface area contributed by atoms with Gasteiger partial charge in [0.25, 0.3) is 0 Å². The molecule has 3 N–H and O–H groups in total. The van der Waals surface area contributed by atoms with Gasteiger partial charge in [0.2, 0.25) is 11.8 Å². The Hall–Kier alpha value is -1.06. The lowest BCUT2D eigenvalue weighted by Crippen LogP contribution is -2.38. The molecule has 1 heterocycles. The van der Waals surface area contributed by atoms with Gasteiger partial charge in [-0.25, -0.2) is 0 Å². The Morgan fingerprint density at radius 3 is 2.57 bits per heavy atom. The molecule has 0 aromatic carbocycles. The Morgan fingerprint density at radius 1 is 1.57 bits per heavy atom. The zero-order valence-corrected chi connectivity index (χ0v) is 8.96. The van der Waals surface area contributed by atoms with Crippen LogP contribution in [0.3, 0.4) is 0 Å². The van der Waals surface area contributed by atoms with E-state index in [-0.39, 0.29) is 35.6 Å². The van der Waals surface area contributed by atoms with Crippen molar-refractivity contribution in [2.75, 3.05) is 0 Å². The Balaban J connectivity index is 2.73. The van der Waals surface area contributed by atoms with Crippen molar-refractivity contribution >= 4 is 11.8 Å². The number of hydrogen-bond donors (Lipinski definition) is 2. The zero-order chi connectivity index (χ0) is 10.9. The second-order valence-electron chi connectivity index (χ2n) is 5.02. The van der Waals surface area contributed by atoms with E-state index in [4.69, 9.17) is 5.73 Å². The van der Waals surface area contributed by atoms with E-state index in [0.29, 0.717) is 6.42 Å². The topological polar surface area (TPSA) is 72.2 Å². The van der Waals surface area contributed by atoms with E-state index >= 15 is 0 Å². The molecule has 80 valence electrons. The predicted molar refractivity (Wildman–Crippen MR) is 53.3 cm³/mol. The van der Waals surface area contributed by atoms with Crippen LogP contribution >= 0.6 is 0 Å². The van der Waals surface area contributed by atoms with Crippen LogP contribution in [0.5, 0.6) is 0 Å². The van der Waals surface area contributed by atoms with Gasteiger partial charge >= 0.3 is 0 Å². The lowest BCUT2D eigenvalue weighted by Gasteiger charge is -2.30. The fraction of sp³-hybridized carbons (Fsp3) is 0.800. The number of carbonyl (C=O) groups excluding carboxylic acids is 2. The van der Waals surface area contributed by atoms with Crippen molar-refractivity contribution in [3.05, 3.63) is 0 Å². The lowest BCUT2D eigenvalue weighted by molar-refractivity contribution is -0.119. The van der Waals surface area contributed by atoms with Crippen LogP contribution in [-0.2, 0) is 9.59 Å². The van der Waals surface area contributed by atoms with Crippen LogP contribution in [0.2, 0.25) is 0 Å². The molecule has 4 heteroatoms. The highest BCUT2D eigenvalue weighted by atomic mass is 16.2. The second-order valence-corrected chi connectivity index (χ2v) is 5.02. The molecule has 0 aliphatic carbocycles. The van der Waals surface area contributed by atoms with Crippen LogP contribution in [0.4, 0.5) is 0 Å². The van der Waals surface area contributed by atoms with Gasteiger partial charge in [0.1, 0.15) is 0 Å². The number of primary amides is 1. The average molecular weight is 198 g/mol. The fourth-order valence-electron chi connectivity index (χ4n) is 2.03. The van der Waals surface area contributed by atoms with Crippen LogP contribution in [0.1, 0.15) is 33.6 Å². The van der Waals surface area contributed by atoms with E-state index < -0.39 is 0 Å². The third kappa shape index (κ3) is 2.47. The molecule has 2 amide bonds. The molecular weight excluding hydrogens is 180 g/mol. The molecule has 1 saturated heterocycles. The van der Waals surface area contributed by atoms with Crippen molar-refractivity contribution in [1.29, 1.82) is 0 Å². The van der Waals surface area contributed by atoms with Gasteiger partial charge in [0, 0.05) is 18.9 Å². The summed E-state index contributed by atoms with van der Waals surface area (Å²) in [5.74, 6) is -0.134. The third-order valence-electron chi connectivity index (χ3n) is 2.77. The molecule has 1 aliphatic rings. The smallest absolute Gasteiger partial charge is 0.220 e. The third-order valence-corrected chi connectivity index (χ3v) is 2.77. The molecule has 2 unspecified atom stereocenters. The number of carbonyl (C=O) groups is 2. The Labute approximate surface area is 84.2 Å². The zero-order valence-electron chi connectivity index (χ0n) is 8.96. The van der Waals surface area contributed by atoms with E-state index in [1.807, 2.05) is 0 Å². The highest BCUT2D eigenvalue weighted by Gasteiger charge is 2.40. The number of amides is 2. The maximum absolute atomic E-state index is 11.2. The summed E-state index contributed by atoms with van der Waals surface area (Å²) in [6, 6.07) is -0.0833. The maximum atomic E-state index is 11.2. The molecule has 4 nitrogen and oxygen atoms in total. The molecule has 0 radical (unpaired) electrons. The largest absolute Gasteiger partial charge is 0.370 e. The first kappa shape index (κ1) is 11.0. The highest BCUT2D eigenvalue weighted by molar-refractivity contribution is 5.81. The summed E-state index contributed by atoms with van der Waals surface area (Å²) in [4.78, 5) is 22.0. The predicted octanol–water partition coefficient (Wildman–Crippen LogP) is 0.413. The molecule has 0 spiro atoms. The minimum Gasteiger partial charge on any atom is -0.370 e. The first-order chi connectivity index (χ1) is 6.30. The summed E-state index contributed by atoms with van der Waals surface area (Å²) in [6.45, 7) is 6.23. The molecule has 1 aliphatic heterocycles. The molecule has 0 bridgehead atoms. The Morgan fingerprint density at radius 2 is 2.14 bits per heavy atom. The van der Waals surface area contributed by atoms with E-state index in [9.17, 15) is 9.59 Å². The summed E-state index contributed by atoms with van der Waals surface area (Å²) in [7, 11) is 0. The van der Waals surface area contributed by atoms with Crippen molar-refractivity contribution in [2.45, 2.75) is 39.7 Å². The molecule has 0 aromatic heterocycles. The highest BCUT2D eigenvalue weighted by Crippen LogP contribution is 2.35. The minimum absolute atomic E-state index is 0.0242. The molecular formula is C10H18N2O2. The Kier molecular flexibility index (Phi) is 2.83. The lowest BCUT2D eigenvalue weighted by atomic mass is 9.75. The van der Waals surface area contributed by atoms with Gasteiger partial charge in [-0.1, -0.05) is 20.8 Å². The molecule has 14 heavy (non-hydrogen) atoms. The van der Waals surface area contributed by atoms with Crippen molar-refractivity contribution in [3.8, 4) is 0 Å². The van der Waals surface area contributed by atoms with Crippen molar-refractivity contribution in [2.24, 2.45) is 17.1 Å². The molecule has 2 atom stereocenters. The minimum atomic E-state index is -0.355. The molecule has 1 fully saturated rings.